The lowest BCUT2D eigenvalue weighted by Gasteiger charge is -2.20. The minimum Gasteiger partial charge on any atom is -0.389 e. The predicted molar refractivity (Wildman–Crippen MR) is 86.7 cm³/mol. The lowest BCUT2D eigenvalue weighted by atomic mass is 10.2. The fraction of sp³-hybridized carbons (Fsp3) is 0.438. The number of rotatable bonds is 8. The smallest absolute Gasteiger partial charge is 0.0900 e. The average molecular weight is 324 g/mol. The zero-order chi connectivity index (χ0) is 15.9. The molecule has 1 heterocycles. The van der Waals surface area contributed by atoms with Gasteiger partial charge in [-0.25, -0.2) is 0 Å². The van der Waals surface area contributed by atoms with E-state index in [0.29, 0.717) is 18.2 Å². The lowest BCUT2D eigenvalue weighted by molar-refractivity contribution is 0.0127. The molecular weight excluding hydrogens is 302 g/mol. The number of benzene rings is 1. The molecule has 1 aromatic heterocycles. The van der Waals surface area contributed by atoms with E-state index in [1.165, 1.54) is 0 Å². The maximum Gasteiger partial charge on any atom is 0.0900 e. The van der Waals surface area contributed by atoms with Gasteiger partial charge in [0.1, 0.15) is 0 Å². The highest BCUT2D eigenvalue weighted by Gasteiger charge is 2.10. The molecule has 120 valence electrons. The van der Waals surface area contributed by atoms with Gasteiger partial charge in [-0.3, -0.25) is 9.58 Å². The summed E-state index contributed by atoms with van der Waals surface area (Å²) in [7, 11) is 3.85. The Bertz CT molecular complexity index is 588. The Kier molecular flexibility index (Phi) is 6.39. The van der Waals surface area contributed by atoms with Crippen molar-refractivity contribution in [2.24, 2.45) is 7.05 Å². The van der Waals surface area contributed by atoms with Gasteiger partial charge in [-0.2, -0.15) is 5.10 Å². The number of aryl methyl sites for hydroxylation is 1. The van der Waals surface area contributed by atoms with Gasteiger partial charge in [0.05, 0.1) is 25.5 Å². The lowest BCUT2D eigenvalue weighted by Crippen LogP contribution is -2.31. The van der Waals surface area contributed by atoms with Crippen molar-refractivity contribution in [2.45, 2.75) is 19.3 Å². The SMILES string of the molecule is CN(Cc1cnn(C)c1)CC(O)COCc1ccccc1Cl. The minimum absolute atomic E-state index is 0.280. The third-order valence-electron chi connectivity index (χ3n) is 3.26. The van der Waals surface area contributed by atoms with Crippen molar-refractivity contribution < 1.29 is 9.84 Å². The third-order valence-corrected chi connectivity index (χ3v) is 3.63. The second kappa shape index (κ2) is 8.29. The molecule has 5 nitrogen and oxygen atoms in total. The Morgan fingerprint density at radius 3 is 2.86 bits per heavy atom. The molecule has 0 aliphatic rings. The highest BCUT2D eigenvalue weighted by Crippen LogP contribution is 2.15. The van der Waals surface area contributed by atoms with Crippen LogP contribution in [0.4, 0.5) is 0 Å². The molecule has 0 bridgehead atoms. The summed E-state index contributed by atoms with van der Waals surface area (Å²) in [4.78, 5) is 2.04. The molecule has 1 N–H and O–H groups in total. The van der Waals surface area contributed by atoms with Gasteiger partial charge in [0.25, 0.3) is 0 Å². The minimum atomic E-state index is -0.538. The van der Waals surface area contributed by atoms with Crippen LogP contribution in [0.3, 0.4) is 0 Å². The number of aliphatic hydroxyl groups excluding tert-OH is 1. The fourth-order valence-corrected chi connectivity index (χ4v) is 2.45. The van der Waals surface area contributed by atoms with E-state index in [2.05, 4.69) is 5.10 Å². The molecular formula is C16H22ClN3O2. The molecule has 0 aliphatic carbocycles. The molecule has 0 fully saturated rings. The molecule has 0 amide bonds. The second-order valence-electron chi connectivity index (χ2n) is 5.48. The first-order chi connectivity index (χ1) is 10.5. The van der Waals surface area contributed by atoms with Crippen LogP contribution in [0.15, 0.2) is 36.7 Å². The molecule has 0 aliphatic heterocycles. The van der Waals surface area contributed by atoms with E-state index in [-0.39, 0.29) is 6.61 Å². The Balaban J connectivity index is 1.69. The fourth-order valence-electron chi connectivity index (χ4n) is 2.26. The van der Waals surface area contributed by atoms with Crippen LogP contribution in [0, 0.1) is 0 Å². The van der Waals surface area contributed by atoms with E-state index in [4.69, 9.17) is 16.3 Å². The summed E-state index contributed by atoms with van der Waals surface area (Å²) in [6.45, 7) is 1.97. The number of hydrogen-bond donors (Lipinski definition) is 1. The maximum atomic E-state index is 10.0. The number of ether oxygens (including phenoxy) is 1. The number of halogens is 1. The Morgan fingerprint density at radius 2 is 2.18 bits per heavy atom. The zero-order valence-electron chi connectivity index (χ0n) is 12.9. The van der Waals surface area contributed by atoms with Gasteiger partial charge in [-0.1, -0.05) is 29.8 Å². The number of hydrogen-bond acceptors (Lipinski definition) is 4. The average Bonchev–Trinajstić information content (AvgIpc) is 2.86. The summed E-state index contributed by atoms with van der Waals surface area (Å²) in [6, 6.07) is 7.55. The van der Waals surface area contributed by atoms with Gasteiger partial charge in [0, 0.05) is 36.9 Å². The molecule has 0 saturated carbocycles. The molecule has 6 heteroatoms. The first-order valence-electron chi connectivity index (χ1n) is 7.20. The van der Waals surface area contributed by atoms with Crippen molar-refractivity contribution in [3.05, 3.63) is 52.8 Å². The van der Waals surface area contributed by atoms with Gasteiger partial charge in [0.15, 0.2) is 0 Å². The van der Waals surface area contributed by atoms with Crippen LogP contribution in [0.2, 0.25) is 5.02 Å². The van der Waals surface area contributed by atoms with Gasteiger partial charge in [-0.15, -0.1) is 0 Å². The van der Waals surface area contributed by atoms with Crippen LogP contribution < -0.4 is 0 Å². The van der Waals surface area contributed by atoms with Crippen LogP contribution in [0.25, 0.3) is 0 Å². The molecule has 0 saturated heterocycles. The summed E-state index contributed by atoms with van der Waals surface area (Å²) in [5, 5.41) is 14.8. The summed E-state index contributed by atoms with van der Waals surface area (Å²) in [5.74, 6) is 0. The largest absolute Gasteiger partial charge is 0.389 e. The van der Waals surface area contributed by atoms with Gasteiger partial charge in [-0.05, 0) is 18.7 Å². The molecule has 1 aromatic carbocycles. The first kappa shape index (κ1) is 17.0. The molecule has 0 spiro atoms. The highest BCUT2D eigenvalue weighted by atomic mass is 35.5. The molecule has 1 unspecified atom stereocenters. The number of aliphatic hydroxyl groups is 1. The van der Waals surface area contributed by atoms with Crippen molar-refractivity contribution >= 4 is 11.6 Å². The van der Waals surface area contributed by atoms with E-state index in [9.17, 15) is 5.11 Å². The van der Waals surface area contributed by atoms with Gasteiger partial charge < -0.3 is 9.84 Å². The Labute approximate surface area is 136 Å². The molecule has 2 rings (SSSR count). The summed E-state index contributed by atoms with van der Waals surface area (Å²) < 4.78 is 7.31. The van der Waals surface area contributed by atoms with Gasteiger partial charge in [0.2, 0.25) is 0 Å². The zero-order valence-corrected chi connectivity index (χ0v) is 13.7. The van der Waals surface area contributed by atoms with Crippen LogP contribution in [-0.2, 0) is 24.9 Å². The van der Waals surface area contributed by atoms with Crippen molar-refractivity contribution in [1.29, 1.82) is 0 Å². The molecule has 0 radical (unpaired) electrons. The molecule has 1 atom stereocenters. The predicted octanol–water partition coefficient (Wildman–Crippen LogP) is 2.08. The third kappa shape index (κ3) is 5.42. The van der Waals surface area contributed by atoms with Crippen molar-refractivity contribution in [2.75, 3.05) is 20.2 Å². The number of aromatic nitrogens is 2. The standard InChI is InChI=1S/C16H22ClN3O2/c1-19(8-13-7-18-20(2)9-13)10-15(21)12-22-11-14-5-3-4-6-16(14)17/h3-7,9,15,21H,8,10-12H2,1-2H3. The van der Waals surface area contributed by atoms with Crippen LogP contribution >= 0.6 is 11.6 Å². The number of likely N-dealkylation sites (N-methyl/N-ethyl adjacent to an activating group) is 1. The Hall–Kier alpha value is -1.40. The highest BCUT2D eigenvalue weighted by molar-refractivity contribution is 6.31. The quantitative estimate of drug-likeness (QED) is 0.808. The summed E-state index contributed by atoms with van der Waals surface area (Å²) >= 11 is 6.06. The van der Waals surface area contributed by atoms with Crippen LogP contribution in [0.1, 0.15) is 11.1 Å². The number of nitrogens with zero attached hydrogens (tertiary/aromatic N) is 3. The summed E-state index contributed by atoms with van der Waals surface area (Å²) in [6.07, 6.45) is 3.26. The molecule has 2 aromatic rings. The van der Waals surface area contributed by atoms with Crippen molar-refractivity contribution in [3.63, 3.8) is 0 Å². The van der Waals surface area contributed by atoms with E-state index in [1.54, 1.807) is 4.68 Å². The Morgan fingerprint density at radius 1 is 1.41 bits per heavy atom. The van der Waals surface area contributed by atoms with Crippen LogP contribution in [-0.4, -0.2) is 46.1 Å². The maximum absolute atomic E-state index is 10.0. The van der Waals surface area contributed by atoms with Crippen molar-refractivity contribution in [1.82, 2.24) is 14.7 Å². The summed E-state index contributed by atoms with van der Waals surface area (Å²) in [5.41, 5.74) is 2.05. The topological polar surface area (TPSA) is 50.5 Å². The van der Waals surface area contributed by atoms with E-state index >= 15 is 0 Å². The second-order valence-corrected chi connectivity index (χ2v) is 5.89. The monoisotopic (exact) mass is 323 g/mol. The normalized spacial score (nSPS) is 12.8. The molecule has 22 heavy (non-hydrogen) atoms. The van der Waals surface area contributed by atoms with E-state index in [0.717, 1.165) is 17.7 Å². The van der Waals surface area contributed by atoms with Crippen molar-refractivity contribution in [3.8, 4) is 0 Å². The van der Waals surface area contributed by atoms with Crippen LogP contribution in [0.5, 0.6) is 0 Å². The van der Waals surface area contributed by atoms with E-state index in [1.807, 2.05) is 55.7 Å². The first-order valence-corrected chi connectivity index (χ1v) is 7.57. The van der Waals surface area contributed by atoms with E-state index < -0.39 is 6.10 Å². The van der Waals surface area contributed by atoms with Gasteiger partial charge >= 0.3 is 0 Å².